The van der Waals surface area contributed by atoms with Gasteiger partial charge in [0.1, 0.15) is 5.82 Å². The molecule has 0 fully saturated rings. The third kappa shape index (κ3) is 5.88. The molecule has 3 N–H and O–H groups in total. The number of benzene rings is 2. The fourth-order valence-electron chi connectivity index (χ4n) is 3.11. The average molecular weight is 512 g/mol. The Morgan fingerprint density at radius 1 is 1.11 bits per heavy atom. The lowest BCUT2D eigenvalue weighted by molar-refractivity contribution is 0.625. The summed E-state index contributed by atoms with van der Waals surface area (Å²) < 4.78 is 13.5. The Balaban J connectivity index is 0.00000280. The van der Waals surface area contributed by atoms with Gasteiger partial charge in [-0.1, -0.05) is 24.3 Å². The van der Waals surface area contributed by atoms with E-state index in [1.807, 2.05) is 18.4 Å². The molecule has 0 aliphatic rings. The van der Waals surface area contributed by atoms with Crippen molar-refractivity contribution >= 4 is 52.6 Å². The molecular formula is C21H26FIN4S. The first-order chi connectivity index (χ1) is 13.2. The minimum atomic E-state index is -0.191. The number of H-pyrrole nitrogens is 1. The van der Waals surface area contributed by atoms with Crippen LogP contribution in [0.2, 0.25) is 0 Å². The van der Waals surface area contributed by atoms with Crippen LogP contribution in [0.5, 0.6) is 0 Å². The third-order valence-corrected chi connectivity index (χ3v) is 5.10. The van der Waals surface area contributed by atoms with Gasteiger partial charge >= 0.3 is 0 Å². The van der Waals surface area contributed by atoms with Crippen LogP contribution in [0, 0.1) is 5.82 Å². The molecule has 0 radical (unpaired) electrons. The van der Waals surface area contributed by atoms with Crippen LogP contribution >= 0.6 is 35.7 Å². The van der Waals surface area contributed by atoms with Crippen molar-refractivity contribution in [3.8, 4) is 0 Å². The minimum Gasteiger partial charge on any atom is -0.361 e. The Kier molecular flexibility index (Phi) is 9.11. The summed E-state index contributed by atoms with van der Waals surface area (Å²) >= 11 is 1.69. The highest BCUT2D eigenvalue weighted by molar-refractivity contribution is 14.0. The molecule has 0 atom stereocenters. The highest BCUT2D eigenvalue weighted by Crippen LogP contribution is 2.18. The number of para-hydroxylation sites is 1. The van der Waals surface area contributed by atoms with E-state index in [-0.39, 0.29) is 29.8 Å². The number of rotatable bonds is 7. The molecule has 7 heteroatoms. The zero-order valence-electron chi connectivity index (χ0n) is 16.1. The summed E-state index contributed by atoms with van der Waals surface area (Å²) in [5.74, 6) is 1.35. The van der Waals surface area contributed by atoms with E-state index in [0.29, 0.717) is 6.54 Å². The van der Waals surface area contributed by atoms with Gasteiger partial charge in [0, 0.05) is 43.0 Å². The molecule has 3 aromatic rings. The van der Waals surface area contributed by atoms with Gasteiger partial charge in [0.15, 0.2) is 5.96 Å². The topological polar surface area (TPSA) is 52.2 Å². The molecule has 0 spiro atoms. The van der Waals surface area contributed by atoms with E-state index in [0.717, 1.165) is 41.3 Å². The lowest BCUT2D eigenvalue weighted by Gasteiger charge is -2.14. The SMILES string of the molecule is CN=C(NCCc1c[nH]c2ccccc12)NCc1ccc(F)cc1CSC.I. The first-order valence-corrected chi connectivity index (χ1v) is 10.4. The van der Waals surface area contributed by atoms with Gasteiger partial charge in [-0.15, -0.1) is 24.0 Å². The summed E-state index contributed by atoms with van der Waals surface area (Å²) in [6.07, 6.45) is 4.99. The molecule has 0 bridgehead atoms. The van der Waals surface area contributed by atoms with Crippen LogP contribution in [0.1, 0.15) is 16.7 Å². The lowest BCUT2D eigenvalue weighted by Crippen LogP contribution is -2.38. The molecule has 0 saturated heterocycles. The fraction of sp³-hybridized carbons (Fsp3) is 0.286. The van der Waals surface area contributed by atoms with Gasteiger partial charge in [0.05, 0.1) is 0 Å². The van der Waals surface area contributed by atoms with Gasteiger partial charge in [0.25, 0.3) is 0 Å². The lowest BCUT2D eigenvalue weighted by atomic mass is 10.1. The van der Waals surface area contributed by atoms with Crippen LogP contribution in [0.25, 0.3) is 10.9 Å². The first kappa shape index (κ1) is 22.5. The number of nitrogens with zero attached hydrogens (tertiary/aromatic N) is 1. The summed E-state index contributed by atoms with van der Waals surface area (Å²) in [5, 5.41) is 7.93. The largest absolute Gasteiger partial charge is 0.361 e. The number of aliphatic imine (C=N–C) groups is 1. The highest BCUT2D eigenvalue weighted by atomic mass is 127. The zero-order valence-corrected chi connectivity index (χ0v) is 19.2. The van der Waals surface area contributed by atoms with E-state index in [9.17, 15) is 4.39 Å². The highest BCUT2D eigenvalue weighted by Gasteiger charge is 2.06. The maximum absolute atomic E-state index is 13.5. The summed E-state index contributed by atoms with van der Waals surface area (Å²) in [4.78, 5) is 7.59. The Morgan fingerprint density at radius 3 is 2.71 bits per heavy atom. The average Bonchev–Trinajstić information content (AvgIpc) is 3.09. The monoisotopic (exact) mass is 512 g/mol. The number of aromatic nitrogens is 1. The number of fused-ring (bicyclic) bond motifs is 1. The third-order valence-electron chi connectivity index (χ3n) is 4.50. The molecular weight excluding hydrogens is 486 g/mol. The maximum Gasteiger partial charge on any atom is 0.191 e. The quantitative estimate of drug-likeness (QED) is 0.245. The van der Waals surface area contributed by atoms with Gasteiger partial charge in [-0.25, -0.2) is 4.39 Å². The molecule has 0 aliphatic heterocycles. The predicted octanol–water partition coefficient (Wildman–Crippen LogP) is 4.70. The summed E-state index contributed by atoms with van der Waals surface area (Å²) in [6.45, 7) is 1.39. The van der Waals surface area contributed by atoms with E-state index in [4.69, 9.17) is 0 Å². The van der Waals surface area contributed by atoms with Crippen molar-refractivity contribution in [1.82, 2.24) is 15.6 Å². The van der Waals surface area contributed by atoms with Crippen LogP contribution in [0.15, 0.2) is 53.7 Å². The van der Waals surface area contributed by atoms with Crippen molar-refractivity contribution in [3.05, 3.63) is 71.2 Å². The van der Waals surface area contributed by atoms with Gasteiger partial charge in [-0.2, -0.15) is 11.8 Å². The molecule has 1 aromatic heterocycles. The number of thioether (sulfide) groups is 1. The van der Waals surface area contributed by atoms with Crippen molar-refractivity contribution in [2.24, 2.45) is 4.99 Å². The standard InChI is InChI=1S/C21H25FN4S.HI/c1-23-21(26-12-15-7-8-18(22)11-17(15)14-27-2)24-10-9-16-13-25-20-6-4-3-5-19(16)20;/h3-8,11,13,25H,9-10,12,14H2,1-2H3,(H2,23,24,26);1H. The van der Waals surface area contributed by atoms with E-state index >= 15 is 0 Å². The maximum atomic E-state index is 13.5. The molecule has 1 heterocycles. The fourth-order valence-corrected chi connectivity index (χ4v) is 3.69. The molecule has 4 nitrogen and oxygen atoms in total. The van der Waals surface area contributed by atoms with Crippen LogP contribution in [-0.2, 0) is 18.7 Å². The number of guanidine groups is 1. The van der Waals surface area contributed by atoms with Crippen LogP contribution < -0.4 is 10.6 Å². The minimum absolute atomic E-state index is 0. The van der Waals surface area contributed by atoms with Gasteiger partial charge in [-0.3, -0.25) is 4.99 Å². The van der Waals surface area contributed by atoms with Crippen LogP contribution in [0.3, 0.4) is 0 Å². The second kappa shape index (κ2) is 11.3. The van der Waals surface area contributed by atoms with E-state index in [2.05, 4.69) is 45.0 Å². The molecule has 0 aliphatic carbocycles. The number of nitrogens with one attached hydrogen (secondary N) is 3. The molecule has 3 rings (SSSR count). The van der Waals surface area contributed by atoms with Crippen molar-refractivity contribution < 1.29 is 4.39 Å². The van der Waals surface area contributed by atoms with E-state index in [1.165, 1.54) is 17.0 Å². The van der Waals surface area contributed by atoms with Crippen molar-refractivity contribution in [3.63, 3.8) is 0 Å². The first-order valence-electron chi connectivity index (χ1n) is 8.97. The Morgan fingerprint density at radius 2 is 1.93 bits per heavy atom. The second-order valence-corrected chi connectivity index (χ2v) is 7.17. The number of aromatic amines is 1. The van der Waals surface area contributed by atoms with Gasteiger partial charge in [0.2, 0.25) is 0 Å². The molecule has 150 valence electrons. The Hall–Kier alpha value is -1.74. The molecule has 0 saturated carbocycles. The van der Waals surface area contributed by atoms with Crippen molar-refractivity contribution in [1.29, 1.82) is 0 Å². The van der Waals surface area contributed by atoms with Crippen LogP contribution in [-0.4, -0.2) is 30.8 Å². The Labute approximate surface area is 186 Å². The summed E-state index contributed by atoms with van der Waals surface area (Å²) in [7, 11) is 1.76. The second-order valence-electron chi connectivity index (χ2n) is 6.31. The number of hydrogen-bond donors (Lipinski definition) is 3. The number of hydrogen-bond acceptors (Lipinski definition) is 2. The molecule has 28 heavy (non-hydrogen) atoms. The molecule has 0 unspecified atom stereocenters. The molecule has 0 amide bonds. The number of halogens is 2. The summed E-state index contributed by atoms with van der Waals surface area (Å²) in [5.41, 5.74) is 4.55. The van der Waals surface area contributed by atoms with Gasteiger partial charge in [-0.05, 0) is 47.6 Å². The van der Waals surface area contributed by atoms with E-state index < -0.39 is 0 Å². The van der Waals surface area contributed by atoms with Gasteiger partial charge < -0.3 is 15.6 Å². The Bertz CT molecular complexity index is 926. The predicted molar refractivity (Wildman–Crippen MR) is 129 cm³/mol. The smallest absolute Gasteiger partial charge is 0.191 e. The van der Waals surface area contributed by atoms with Crippen molar-refractivity contribution in [2.45, 2.75) is 18.7 Å². The zero-order chi connectivity index (χ0) is 19.1. The van der Waals surface area contributed by atoms with Crippen LogP contribution in [0.4, 0.5) is 4.39 Å². The normalized spacial score (nSPS) is 11.3. The van der Waals surface area contributed by atoms with E-state index in [1.54, 1.807) is 24.9 Å². The molecule has 2 aromatic carbocycles. The summed E-state index contributed by atoms with van der Waals surface area (Å²) in [6, 6.07) is 13.3. The van der Waals surface area contributed by atoms with Crippen molar-refractivity contribution in [2.75, 3.05) is 19.8 Å².